The average molecular weight is 130 g/mol. The van der Waals surface area contributed by atoms with Crippen molar-refractivity contribution < 1.29 is 4.39 Å². The van der Waals surface area contributed by atoms with Gasteiger partial charge in [0.1, 0.15) is 6.67 Å². The van der Waals surface area contributed by atoms with Crippen molar-refractivity contribution in [3.63, 3.8) is 0 Å². The van der Waals surface area contributed by atoms with E-state index in [-0.39, 0.29) is 6.67 Å². The van der Waals surface area contributed by atoms with Crippen LogP contribution in [-0.2, 0) is 0 Å². The Balaban J connectivity index is 3.07. The summed E-state index contributed by atoms with van der Waals surface area (Å²) in [5, 5.41) is 8.11. The highest BCUT2D eigenvalue weighted by atomic mass is 19.1. The highest BCUT2D eigenvalue weighted by molar-refractivity contribution is 4.70. The van der Waals surface area contributed by atoms with Gasteiger partial charge in [-0.15, -0.1) is 0 Å². The highest BCUT2D eigenvalue weighted by Crippen LogP contribution is 1.84. The molecule has 0 aliphatic rings. The van der Waals surface area contributed by atoms with Gasteiger partial charge in [-0.1, -0.05) is 0 Å². The zero-order valence-corrected chi connectivity index (χ0v) is 5.60. The number of hydrogen-bond donors (Lipinski definition) is 0. The van der Waals surface area contributed by atoms with Crippen molar-refractivity contribution in [3.05, 3.63) is 0 Å². The Hall–Kier alpha value is -0.620. The van der Waals surface area contributed by atoms with Crippen LogP contribution in [-0.4, -0.2) is 31.7 Å². The van der Waals surface area contributed by atoms with E-state index in [0.29, 0.717) is 19.5 Å². The first-order valence-electron chi connectivity index (χ1n) is 2.92. The molecular formula is C6H11FN2. The fraction of sp³-hybridized carbons (Fsp3) is 0.833. The summed E-state index contributed by atoms with van der Waals surface area (Å²) in [6.07, 6.45) is 0.483. The number of nitriles is 1. The molecule has 0 atom stereocenters. The van der Waals surface area contributed by atoms with Gasteiger partial charge in [-0.25, -0.2) is 4.39 Å². The first-order chi connectivity index (χ1) is 4.31. The average Bonchev–Trinajstić information content (AvgIpc) is 1.85. The lowest BCUT2D eigenvalue weighted by Gasteiger charge is -2.10. The second-order valence-corrected chi connectivity index (χ2v) is 1.90. The van der Waals surface area contributed by atoms with Crippen LogP contribution in [0.15, 0.2) is 0 Å². The van der Waals surface area contributed by atoms with E-state index in [4.69, 9.17) is 5.26 Å². The van der Waals surface area contributed by atoms with Gasteiger partial charge in [0.05, 0.1) is 6.07 Å². The number of hydrogen-bond acceptors (Lipinski definition) is 2. The fourth-order valence-electron chi connectivity index (χ4n) is 0.497. The Kier molecular flexibility index (Phi) is 5.14. The molecule has 3 heteroatoms. The lowest BCUT2D eigenvalue weighted by atomic mass is 10.4. The molecule has 0 aliphatic carbocycles. The van der Waals surface area contributed by atoms with Gasteiger partial charge in [0.2, 0.25) is 0 Å². The molecule has 9 heavy (non-hydrogen) atoms. The molecule has 52 valence electrons. The minimum atomic E-state index is -0.331. The van der Waals surface area contributed by atoms with Crippen molar-refractivity contribution in [1.29, 1.82) is 5.26 Å². The van der Waals surface area contributed by atoms with Crippen molar-refractivity contribution in [2.75, 3.05) is 26.8 Å². The minimum absolute atomic E-state index is 0.331. The second kappa shape index (κ2) is 5.52. The van der Waals surface area contributed by atoms with Crippen LogP contribution < -0.4 is 0 Å². The molecule has 0 radical (unpaired) electrons. The minimum Gasteiger partial charge on any atom is -0.303 e. The van der Waals surface area contributed by atoms with E-state index in [9.17, 15) is 4.39 Å². The van der Waals surface area contributed by atoms with E-state index >= 15 is 0 Å². The first kappa shape index (κ1) is 8.38. The molecule has 0 aromatic rings. The Morgan fingerprint density at radius 3 is 2.67 bits per heavy atom. The molecule has 0 amide bonds. The van der Waals surface area contributed by atoms with E-state index in [0.717, 1.165) is 0 Å². The molecular weight excluding hydrogens is 119 g/mol. The molecule has 0 bridgehead atoms. The summed E-state index contributed by atoms with van der Waals surface area (Å²) in [7, 11) is 1.80. The van der Waals surface area contributed by atoms with E-state index in [1.807, 2.05) is 6.07 Å². The summed E-state index contributed by atoms with van der Waals surface area (Å²) in [5.74, 6) is 0. The van der Waals surface area contributed by atoms with Crippen molar-refractivity contribution in [1.82, 2.24) is 4.90 Å². The van der Waals surface area contributed by atoms with Crippen LogP contribution in [0.2, 0.25) is 0 Å². The third-order valence-electron chi connectivity index (χ3n) is 1.07. The van der Waals surface area contributed by atoms with Crippen LogP contribution in [0.3, 0.4) is 0 Å². The molecule has 0 spiro atoms. The van der Waals surface area contributed by atoms with Gasteiger partial charge in [0.25, 0.3) is 0 Å². The summed E-state index contributed by atoms with van der Waals surface area (Å²) in [6, 6.07) is 1.99. The number of halogens is 1. The van der Waals surface area contributed by atoms with Crippen LogP contribution in [0.1, 0.15) is 6.42 Å². The van der Waals surface area contributed by atoms with Crippen molar-refractivity contribution in [3.8, 4) is 6.07 Å². The van der Waals surface area contributed by atoms with Gasteiger partial charge in [0, 0.05) is 19.5 Å². The molecule has 0 fully saturated rings. The smallest absolute Gasteiger partial charge is 0.102 e. The summed E-state index contributed by atoms with van der Waals surface area (Å²) >= 11 is 0. The summed E-state index contributed by atoms with van der Waals surface area (Å²) < 4.78 is 11.5. The zero-order chi connectivity index (χ0) is 7.11. The number of alkyl halides is 1. The van der Waals surface area contributed by atoms with E-state index in [1.54, 1.807) is 11.9 Å². The maximum atomic E-state index is 11.5. The fourth-order valence-corrected chi connectivity index (χ4v) is 0.497. The third-order valence-corrected chi connectivity index (χ3v) is 1.07. The number of rotatable bonds is 4. The van der Waals surface area contributed by atoms with Gasteiger partial charge in [-0.3, -0.25) is 0 Å². The van der Waals surface area contributed by atoms with Gasteiger partial charge < -0.3 is 4.90 Å². The normalized spacial score (nSPS) is 9.56. The summed E-state index contributed by atoms with van der Waals surface area (Å²) in [5.41, 5.74) is 0. The van der Waals surface area contributed by atoms with Crippen molar-refractivity contribution >= 4 is 0 Å². The van der Waals surface area contributed by atoms with Crippen LogP contribution in [0.5, 0.6) is 0 Å². The maximum absolute atomic E-state index is 11.5. The van der Waals surface area contributed by atoms with Gasteiger partial charge >= 0.3 is 0 Å². The third kappa shape index (κ3) is 5.25. The largest absolute Gasteiger partial charge is 0.303 e. The Morgan fingerprint density at radius 2 is 2.22 bits per heavy atom. The molecule has 0 unspecified atom stereocenters. The molecule has 0 saturated carbocycles. The van der Waals surface area contributed by atoms with Crippen molar-refractivity contribution in [2.45, 2.75) is 6.42 Å². The van der Waals surface area contributed by atoms with Crippen LogP contribution in [0.25, 0.3) is 0 Å². The van der Waals surface area contributed by atoms with Crippen LogP contribution in [0.4, 0.5) is 4.39 Å². The Labute approximate surface area is 54.9 Å². The molecule has 0 N–H and O–H groups in total. The maximum Gasteiger partial charge on any atom is 0.102 e. The predicted octanol–water partition coefficient (Wildman–Crippen LogP) is 0.801. The second-order valence-electron chi connectivity index (χ2n) is 1.90. The Bertz CT molecular complexity index is 97.7. The van der Waals surface area contributed by atoms with Gasteiger partial charge in [0.15, 0.2) is 0 Å². The molecule has 0 saturated heterocycles. The van der Waals surface area contributed by atoms with Gasteiger partial charge in [-0.2, -0.15) is 5.26 Å². The van der Waals surface area contributed by atoms with Gasteiger partial charge in [-0.05, 0) is 7.05 Å². The number of nitrogens with zero attached hydrogens (tertiary/aromatic N) is 2. The molecule has 2 nitrogen and oxygen atoms in total. The summed E-state index contributed by atoms with van der Waals surface area (Å²) in [4.78, 5) is 1.79. The lowest BCUT2D eigenvalue weighted by molar-refractivity contribution is 0.301. The quantitative estimate of drug-likeness (QED) is 0.563. The monoisotopic (exact) mass is 130 g/mol. The summed E-state index contributed by atoms with van der Waals surface area (Å²) in [6.45, 7) is 0.768. The molecule has 0 aromatic heterocycles. The molecule has 0 heterocycles. The SMILES string of the molecule is CN(CCF)CCC#N. The van der Waals surface area contributed by atoms with Crippen LogP contribution in [0, 0.1) is 11.3 Å². The first-order valence-corrected chi connectivity index (χ1v) is 2.92. The standard InChI is InChI=1S/C6H11FN2/c1-9(6-3-7)5-2-4-8/h2-3,5-6H2,1H3. The predicted molar refractivity (Wildman–Crippen MR) is 33.7 cm³/mol. The zero-order valence-electron chi connectivity index (χ0n) is 5.60. The topological polar surface area (TPSA) is 27.0 Å². The Morgan fingerprint density at radius 1 is 1.56 bits per heavy atom. The highest BCUT2D eigenvalue weighted by Gasteiger charge is 1.94. The molecule has 0 rings (SSSR count). The molecule has 0 aromatic carbocycles. The van der Waals surface area contributed by atoms with Crippen molar-refractivity contribution in [2.24, 2.45) is 0 Å². The lowest BCUT2D eigenvalue weighted by Crippen LogP contribution is -2.21. The van der Waals surface area contributed by atoms with Crippen LogP contribution >= 0.6 is 0 Å². The van der Waals surface area contributed by atoms with E-state index < -0.39 is 0 Å². The van der Waals surface area contributed by atoms with E-state index in [2.05, 4.69) is 0 Å². The van der Waals surface area contributed by atoms with E-state index in [1.165, 1.54) is 0 Å². The molecule has 0 aliphatic heterocycles.